The molecule has 0 aliphatic carbocycles. The first-order valence-corrected chi connectivity index (χ1v) is 3.51. The molecule has 3 rings (SSSR count). The van der Waals surface area contributed by atoms with Crippen LogP contribution in [0.4, 0.5) is 0 Å². The molecule has 0 spiro atoms. The Labute approximate surface area is 57.3 Å². The second-order valence-electron chi connectivity index (χ2n) is 1.72. The first-order chi connectivity index (χ1) is 4.36. The number of carbonyl (C=O) groups is 1. The van der Waals surface area contributed by atoms with Crippen LogP contribution in [0.3, 0.4) is 0 Å². The zero-order valence-corrected chi connectivity index (χ0v) is 5.60. The molecular weight excluding hydrogens is 138 g/mol. The molecule has 0 saturated carbocycles. The molecule has 0 amide bonds. The van der Waals surface area contributed by atoms with Gasteiger partial charge >= 0.3 is 0 Å². The van der Waals surface area contributed by atoms with Crippen LogP contribution in [0.2, 0.25) is 0 Å². The Hall–Kier alpha value is -0.640. The number of thioether (sulfide) groups is 1. The summed E-state index contributed by atoms with van der Waals surface area (Å²) >= 11 is 1.96. The zero-order valence-electron chi connectivity index (χ0n) is 4.78. The Morgan fingerprint density at radius 3 is 2.56 bits per heavy atom. The van der Waals surface area contributed by atoms with Crippen molar-refractivity contribution in [3.8, 4) is 0 Å². The molecule has 0 aromatic rings. The van der Waals surface area contributed by atoms with Crippen molar-refractivity contribution < 1.29 is 9.90 Å². The average molecular weight is 145 g/mol. The molecule has 0 atom stereocenters. The Bertz CT molecular complexity index is 142. The van der Waals surface area contributed by atoms with Gasteiger partial charge in [0.1, 0.15) is 0 Å². The fraction of sp³-hybridized carbons (Fsp3) is 0.400. The molecule has 3 aliphatic rings. The smallest absolute Gasteiger partial charge is 0.290 e. The summed E-state index contributed by atoms with van der Waals surface area (Å²) in [5.41, 5.74) is 0. The highest BCUT2D eigenvalue weighted by Gasteiger charge is 2.22. The Morgan fingerprint density at radius 1 is 1.89 bits per heavy atom. The van der Waals surface area contributed by atoms with Gasteiger partial charge in [-0.3, -0.25) is 4.79 Å². The van der Waals surface area contributed by atoms with Gasteiger partial charge in [0, 0.05) is 11.1 Å². The van der Waals surface area contributed by atoms with Gasteiger partial charge < -0.3 is 10.0 Å². The Kier molecular flexibility index (Phi) is 2.00. The monoisotopic (exact) mass is 145 g/mol. The second-order valence-corrected chi connectivity index (χ2v) is 2.79. The van der Waals surface area contributed by atoms with Crippen LogP contribution in [0.5, 0.6) is 0 Å². The van der Waals surface area contributed by atoms with E-state index >= 15 is 0 Å². The molecule has 0 radical (unpaired) electrons. The van der Waals surface area contributed by atoms with Crippen LogP contribution in [-0.2, 0) is 4.79 Å². The minimum atomic E-state index is -0.250. The van der Waals surface area contributed by atoms with Gasteiger partial charge in [-0.1, -0.05) is 0 Å². The van der Waals surface area contributed by atoms with Crippen LogP contribution in [0.25, 0.3) is 0 Å². The Balaban J connectivity index is 0.000000120. The molecule has 9 heavy (non-hydrogen) atoms. The van der Waals surface area contributed by atoms with Crippen molar-refractivity contribution in [1.82, 2.24) is 4.90 Å². The highest BCUT2D eigenvalue weighted by Crippen LogP contribution is 2.34. The summed E-state index contributed by atoms with van der Waals surface area (Å²) < 4.78 is 0. The first kappa shape index (κ1) is 6.48. The maximum atomic E-state index is 8.36. The minimum absolute atomic E-state index is 0.250. The first-order valence-electron chi connectivity index (χ1n) is 2.52. The summed E-state index contributed by atoms with van der Waals surface area (Å²) in [6.07, 6.45) is 2.21. The van der Waals surface area contributed by atoms with Gasteiger partial charge in [0.2, 0.25) is 0 Å². The molecular formula is C5H7NO2S. The molecule has 1 saturated heterocycles. The third kappa shape index (κ3) is 1.38. The number of hydrogen-bond acceptors (Lipinski definition) is 3. The quantitative estimate of drug-likeness (QED) is 0.505. The van der Waals surface area contributed by atoms with Crippen molar-refractivity contribution in [2.45, 2.75) is 0 Å². The molecule has 3 heterocycles. The number of rotatable bonds is 0. The van der Waals surface area contributed by atoms with E-state index in [1.54, 1.807) is 4.91 Å². The molecule has 0 unspecified atom stereocenters. The number of fused-ring (bicyclic) bond motifs is 1. The molecule has 0 aromatic carbocycles. The third-order valence-electron chi connectivity index (χ3n) is 1.10. The summed E-state index contributed by atoms with van der Waals surface area (Å²) in [5, 5.41) is 6.89. The van der Waals surface area contributed by atoms with Crippen LogP contribution < -0.4 is 0 Å². The summed E-state index contributed by atoms with van der Waals surface area (Å²) in [6.45, 7) is 0.991. The maximum Gasteiger partial charge on any atom is 0.290 e. The zero-order chi connectivity index (χ0) is 6.69. The summed E-state index contributed by atoms with van der Waals surface area (Å²) in [6, 6.07) is 0. The molecule has 3 nitrogen and oxygen atoms in total. The minimum Gasteiger partial charge on any atom is -0.483 e. The van der Waals surface area contributed by atoms with Gasteiger partial charge in [-0.15, -0.1) is 11.8 Å². The predicted molar refractivity (Wildman–Crippen MR) is 35.9 cm³/mol. The average Bonchev–Trinajstić information content (AvgIpc) is 2.17. The van der Waals surface area contributed by atoms with Gasteiger partial charge in [0.25, 0.3) is 6.47 Å². The fourth-order valence-corrected chi connectivity index (χ4v) is 1.69. The van der Waals surface area contributed by atoms with Crippen molar-refractivity contribution >= 4 is 18.2 Å². The van der Waals surface area contributed by atoms with E-state index < -0.39 is 0 Å². The maximum absolute atomic E-state index is 8.36. The van der Waals surface area contributed by atoms with Gasteiger partial charge in [-0.2, -0.15) is 0 Å². The number of nitrogens with zero attached hydrogens (tertiary/aromatic N) is 1. The molecule has 3 aliphatic heterocycles. The highest BCUT2D eigenvalue weighted by atomic mass is 32.2. The summed E-state index contributed by atoms with van der Waals surface area (Å²) in [7, 11) is 0. The van der Waals surface area contributed by atoms with E-state index in [1.165, 1.54) is 12.4 Å². The number of hydrogen-bond donors (Lipinski definition) is 1. The second kappa shape index (κ2) is 2.77. The lowest BCUT2D eigenvalue weighted by molar-refractivity contribution is -0.122. The van der Waals surface area contributed by atoms with Crippen LogP contribution in [0, 0.1) is 0 Å². The highest BCUT2D eigenvalue weighted by molar-refractivity contribution is 8.03. The van der Waals surface area contributed by atoms with Crippen LogP contribution in [-0.4, -0.2) is 28.9 Å². The molecule has 1 N–H and O–H groups in total. The topological polar surface area (TPSA) is 40.5 Å². The Morgan fingerprint density at radius 2 is 2.44 bits per heavy atom. The normalized spacial score (nSPS) is 19.1. The fourth-order valence-electron chi connectivity index (χ4n) is 0.709. The SMILES string of the molecule is C1=C2CN1CS2.O=CO. The van der Waals surface area contributed by atoms with Crippen molar-refractivity contribution in [1.29, 1.82) is 0 Å². The van der Waals surface area contributed by atoms with Crippen molar-refractivity contribution in [2.24, 2.45) is 0 Å². The number of carboxylic acid groups (broad SMARTS) is 1. The van der Waals surface area contributed by atoms with Gasteiger partial charge in [-0.05, 0) is 0 Å². The molecule has 0 aromatic heterocycles. The molecule has 1 fully saturated rings. The van der Waals surface area contributed by atoms with Crippen molar-refractivity contribution in [3.63, 3.8) is 0 Å². The van der Waals surface area contributed by atoms with E-state index in [-0.39, 0.29) is 6.47 Å². The predicted octanol–water partition coefficient (Wildman–Crippen LogP) is 0.548. The van der Waals surface area contributed by atoms with E-state index in [0.717, 1.165) is 0 Å². The molecule has 2 bridgehead atoms. The van der Waals surface area contributed by atoms with Crippen LogP contribution in [0.1, 0.15) is 0 Å². The lowest BCUT2D eigenvalue weighted by Gasteiger charge is -2.15. The van der Waals surface area contributed by atoms with Gasteiger partial charge in [0.05, 0.1) is 12.4 Å². The van der Waals surface area contributed by atoms with Gasteiger partial charge in [0.15, 0.2) is 0 Å². The third-order valence-corrected chi connectivity index (χ3v) is 2.17. The lowest BCUT2D eigenvalue weighted by atomic mass is 10.4. The van der Waals surface area contributed by atoms with E-state index in [9.17, 15) is 0 Å². The summed E-state index contributed by atoms with van der Waals surface area (Å²) in [5.74, 6) is 1.22. The van der Waals surface area contributed by atoms with Gasteiger partial charge in [-0.25, -0.2) is 0 Å². The lowest BCUT2D eigenvalue weighted by Crippen LogP contribution is -2.17. The standard InChI is InChI=1S/C4H5NS.CH2O2/c1-4-2-5(1)3-6-4;2-1-3/h1H,2-3H2;1H,(H,2,3). The largest absolute Gasteiger partial charge is 0.483 e. The van der Waals surface area contributed by atoms with Crippen LogP contribution >= 0.6 is 11.8 Å². The van der Waals surface area contributed by atoms with E-state index in [1.807, 2.05) is 11.8 Å². The van der Waals surface area contributed by atoms with E-state index in [0.29, 0.717) is 0 Å². The van der Waals surface area contributed by atoms with Crippen molar-refractivity contribution in [3.05, 3.63) is 11.1 Å². The van der Waals surface area contributed by atoms with Crippen molar-refractivity contribution in [2.75, 3.05) is 12.4 Å². The van der Waals surface area contributed by atoms with E-state index in [2.05, 4.69) is 11.1 Å². The molecule has 50 valence electrons. The van der Waals surface area contributed by atoms with Crippen LogP contribution in [0.15, 0.2) is 11.1 Å². The van der Waals surface area contributed by atoms with E-state index in [4.69, 9.17) is 9.90 Å². The molecule has 4 heteroatoms. The summed E-state index contributed by atoms with van der Waals surface area (Å²) in [4.78, 5) is 12.2.